The van der Waals surface area contributed by atoms with E-state index in [2.05, 4.69) is 49.0 Å². The number of benzene rings is 1. The lowest BCUT2D eigenvalue weighted by atomic mass is 10.1. The van der Waals surface area contributed by atoms with E-state index in [-0.39, 0.29) is 18.1 Å². The summed E-state index contributed by atoms with van der Waals surface area (Å²) in [5.41, 5.74) is 1.17. The van der Waals surface area contributed by atoms with Crippen LogP contribution < -0.4 is 5.32 Å². The van der Waals surface area contributed by atoms with Crippen LogP contribution in [0.4, 0.5) is 0 Å². The molecule has 20 heavy (non-hydrogen) atoms. The lowest BCUT2D eigenvalue weighted by Crippen LogP contribution is -2.38. The Balaban J connectivity index is 2.13. The lowest BCUT2D eigenvalue weighted by molar-refractivity contribution is -0.130. The summed E-state index contributed by atoms with van der Waals surface area (Å²) in [7, 11) is 0. The highest BCUT2D eigenvalue weighted by Crippen LogP contribution is 2.27. The van der Waals surface area contributed by atoms with Crippen molar-refractivity contribution in [3.63, 3.8) is 0 Å². The van der Waals surface area contributed by atoms with Crippen molar-refractivity contribution in [2.45, 2.75) is 30.4 Å². The molecule has 1 fully saturated rings. The molecule has 1 aromatic carbocycles. The molecule has 0 radical (unpaired) electrons. The van der Waals surface area contributed by atoms with Gasteiger partial charge in [-0.3, -0.25) is 10.1 Å². The molecule has 1 amide bonds. The molecule has 1 aliphatic rings. The van der Waals surface area contributed by atoms with Gasteiger partial charge in [-0.15, -0.1) is 11.8 Å². The summed E-state index contributed by atoms with van der Waals surface area (Å²) in [4.78, 5) is 15.4. The monoisotopic (exact) mass is 310 g/mol. The molecule has 0 aromatic heterocycles. The number of hydrogen-bond acceptors (Lipinski definition) is 4. The van der Waals surface area contributed by atoms with Crippen LogP contribution in [0, 0.1) is 0 Å². The Hall–Kier alpha value is -0.650. The highest BCUT2D eigenvalue weighted by molar-refractivity contribution is 7.98. The van der Waals surface area contributed by atoms with E-state index in [0.29, 0.717) is 6.54 Å². The maximum absolute atomic E-state index is 12.1. The van der Waals surface area contributed by atoms with Crippen molar-refractivity contribution >= 4 is 29.4 Å². The van der Waals surface area contributed by atoms with Gasteiger partial charge in [0.15, 0.2) is 0 Å². The molecule has 0 bridgehead atoms. The van der Waals surface area contributed by atoms with E-state index in [1.807, 2.05) is 16.7 Å². The zero-order valence-electron chi connectivity index (χ0n) is 12.3. The summed E-state index contributed by atoms with van der Waals surface area (Å²) in [5.74, 6) is 1.29. The minimum absolute atomic E-state index is 0.0234. The smallest absolute Gasteiger partial charge is 0.238 e. The Morgan fingerprint density at radius 2 is 2.05 bits per heavy atom. The molecule has 1 heterocycles. The molecule has 1 aromatic rings. The average molecular weight is 310 g/mol. The Morgan fingerprint density at radius 3 is 2.65 bits per heavy atom. The molecule has 1 N–H and O–H groups in total. The number of nitrogens with zero attached hydrogens (tertiary/aromatic N) is 1. The van der Waals surface area contributed by atoms with Gasteiger partial charge in [0.1, 0.15) is 6.17 Å². The van der Waals surface area contributed by atoms with Gasteiger partial charge in [0.25, 0.3) is 0 Å². The largest absolute Gasteiger partial charge is 0.319 e. The summed E-state index contributed by atoms with van der Waals surface area (Å²) in [5, 5.41) is 3.33. The minimum Gasteiger partial charge on any atom is -0.319 e. The number of thioether (sulfide) groups is 2. The van der Waals surface area contributed by atoms with Gasteiger partial charge in [0.05, 0.1) is 6.54 Å². The first-order chi connectivity index (χ1) is 9.67. The number of amides is 1. The van der Waals surface area contributed by atoms with E-state index >= 15 is 0 Å². The van der Waals surface area contributed by atoms with Crippen LogP contribution in [0.2, 0.25) is 0 Å². The summed E-state index contributed by atoms with van der Waals surface area (Å²) in [6, 6.07) is 8.76. The second-order valence-electron chi connectivity index (χ2n) is 4.99. The van der Waals surface area contributed by atoms with Crippen LogP contribution >= 0.6 is 23.5 Å². The Morgan fingerprint density at radius 1 is 1.35 bits per heavy atom. The fourth-order valence-corrected chi connectivity index (χ4v) is 3.50. The van der Waals surface area contributed by atoms with E-state index in [0.717, 1.165) is 12.2 Å². The highest BCUT2D eigenvalue weighted by atomic mass is 32.2. The molecule has 2 atom stereocenters. The molecule has 3 nitrogen and oxygen atoms in total. The van der Waals surface area contributed by atoms with Gasteiger partial charge in [-0.2, -0.15) is 11.8 Å². The summed E-state index contributed by atoms with van der Waals surface area (Å²) in [6.45, 7) is 2.59. The first-order valence-corrected chi connectivity index (χ1v) is 9.46. The third-order valence-corrected chi connectivity index (χ3v) is 5.05. The molecule has 0 spiro atoms. The molecule has 1 saturated heterocycles. The third kappa shape index (κ3) is 3.51. The molecule has 2 unspecified atom stereocenters. The predicted molar refractivity (Wildman–Crippen MR) is 88.3 cm³/mol. The van der Waals surface area contributed by atoms with Crippen LogP contribution in [0.15, 0.2) is 29.2 Å². The molecule has 2 rings (SSSR count). The topological polar surface area (TPSA) is 32.3 Å². The van der Waals surface area contributed by atoms with Crippen molar-refractivity contribution in [1.29, 1.82) is 0 Å². The van der Waals surface area contributed by atoms with Crippen molar-refractivity contribution in [2.24, 2.45) is 0 Å². The van der Waals surface area contributed by atoms with Crippen LogP contribution in [0.1, 0.15) is 25.1 Å². The third-order valence-electron chi connectivity index (χ3n) is 3.66. The van der Waals surface area contributed by atoms with Crippen LogP contribution in [0.25, 0.3) is 0 Å². The Kier molecular flexibility index (Phi) is 5.81. The SMILES string of the molecule is CSCCC(C)N1C(=O)CNC1c1ccc(SC)cc1. The van der Waals surface area contributed by atoms with Gasteiger partial charge in [0.2, 0.25) is 5.91 Å². The van der Waals surface area contributed by atoms with Crippen molar-refractivity contribution in [1.82, 2.24) is 10.2 Å². The number of nitrogens with one attached hydrogen (secondary N) is 1. The summed E-state index contributed by atoms with van der Waals surface area (Å²) in [6.07, 6.45) is 5.24. The van der Waals surface area contributed by atoms with E-state index < -0.39 is 0 Å². The Bertz CT molecular complexity index is 450. The van der Waals surface area contributed by atoms with Gasteiger partial charge < -0.3 is 4.90 Å². The Labute approximate surface area is 129 Å². The highest BCUT2D eigenvalue weighted by Gasteiger charge is 2.34. The zero-order chi connectivity index (χ0) is 14.5. The van der Waals surface area contributed by atoms with Gasteiger partial charge in [0, 0.05) is 10.9 Å². The molecule has 0 saturated carbocycles. The number of hydrogen-bond donors (Lipinski definition) is 1. The summed E-state index contributed by atoms with van der Waals surface area (Å²) < 4.78 is 0. The molecule has 5 heteroatoms. The van der Waals surface area contributed by atoms with Gasteiger partial charge in [-0.05, 0) is 49.3 Å². The molecule has 110 valence electrons. The van der Waals surface area contributed by atoms with Crippen molar-refractivity contribution in [3.05, 3.63) is 29.8 Å². The number of rotatable bonds is 6. The molecule has 1 aliphatic heterocycles. The fraction of sp³-hybridized carbons (Fsp3) is 0.533. The van der Waals surface area contributed by atoms with Gasteiger partial charge in [-0.25, -0.2) is 0 Å². The number of carbonyl (C=O) groups excluding carboxylic acids is 1. The van der Waals surface area contributed by atoms with Crippen molar-refractivity contribution in [2.75, 3.05) is 24.8 Å². The van der Waals surface area contributed by atoms with E-state index in [4.69, 9.17) is 0 Å². The zero-order valence-corrected chi connectivity index (χ0v) is 13.9. The second-order valence-corrected chi connectivity index (χ2v) is 6.85. The fourth-order valence-electron chi connectivity index (χ4n) is 2.51. The standard InChI is InChI=1S/C15H22N2OS2/c1-11(8-9-19-2)17-14(18)10-16-15(17)12-4-6-13(20-3)7-5-12/h4-7,11,15-16H,8-10H2,1-3H3. The predicted octanol–water partition coefficient (Wildman–Crippen LogP) is 2.98. The van der Waals surface area contributed by atoms with Crippen LogP contribution in [-0.2, 0) is 4.79 Å². The van der Waals surface area contributed by atoms with Crippen LogP contribution in [-0.4, -0.2) is 41.7 Å². The maximum atomic E-state index is 12.1. The second kappa shape index (κ2) is 7.38. The normalized spacial score (nSPS) is 20.4. The number of carbonyl (C=O) groups is 1. The van der Waals surface area contributed by atoms with Crippen molar-refractivity contribution < 1.29 is 4.79 Å². The van der Waals surface area contributed by atoms with Crippen molar-refractivity contribution in [3.8, 4) is 0 Å². The van der Waals surface area contributed by atoms with E-state index in [9.17, 15) is 4.79 Å². The van der Waals surface area contributed by atoms with Crippen LogP contribution in [0.5, 0.6) is 0 Å². The summed E-state index contributed by atoms with van der Waals surface area (Å²) >= 11 is 3.57. The van der Waals surface area contributed by atoms with Gasteiger partial charge in [-0.1, -0.05) is 12.1 Å². The van der Waals surface area contributed by atoms with E-state index in [1.54, 1.807) is 11.8 Å². The average Bonchev–Trinajstić information content (AvgIpc) is 2.86. The molecular weight excluding hydrogens is 288 g/mol. The molecular formula is C15H22N2OS2. The van der Waals surface area contributed by atoms with Crippen LogP contribution in [0.3, 0.4) is 0 Å². The first kappa shape index (κ1) is 15.7. The molecule has 0 aliphatic carbocycles. The van der Waals surface area contributed by atoms with E-state index in [1.165, 1.54) is 10.5 Å². The first-order valence-electron chi connectivity index (χ1n) is 6.84. The van der Waals surface area contributed by atoms with Gasteiger partial charge >= 0.3 is 0 Å². The lowest BCUT2D eigenvalue weighted by Gasteiger charge is -2.30. The quantitative estimate of drug-likeness (QED) is 0.819. The maximum Gasteiger partial charge on any atom is 0.238 e. The minimum atomic E-state index is 0.0234.